The molecule has 3 atom stereocenters. The van der Waals surface area contributed by atoms with E-state index < -0.39 is 5.79 Å². The second-order valence-electron chi connectivity index (χ2n) is 6.41. The van der Waals surface area contributed by atoms with Crippen LogP contribution in [-0.4, -0.2) is 30.7 Å². The average molecular weight is 316 g/mol. The van der Waals surface area contributed by atoms with Gasteiger partial charge in [0.25, 0.3) is 0 Å². The Bertz CT molecular complexity index is 564. The zero-order valence-corrected chi connectivity index (χ0v) is 13.7. The van der Waals surface area contributed by atoms with Crippen LogP contribution in [0.5, 0.6) is 0 Å². The van der Waals surface area contributed by atoms with Crippen molar-refractivity contribution in [1.82, 2.24) is 0 Å². The van der Waals surface area contributed by atoms with Gasteiger partial charge in [-0.1, -0.05) is 43.0 Å². The molecule has 0 radical (unpaired) electrons. The normalized spacial score (nSPS) is 29.1. The van der Waals surface area contributed by atoms with E-state index in [1.807, 2.05) is 50.3 Å². The molecule has 4 heteroatoms. The fourth-order valence-corrected chi connectivity index (χ4v) is 3.00. The average Bonchev–Trinajstić information content (AvgIpc) is 3.12. The van der Waals surface area contributed by atoms with Crippen LogP contribution in [0.25, 0.3) is 0 Å². The Hall–Kier alpha value is -1.62. The van der Waals surface area contributed by atoms with Crippen LogP contribution in [0.3, 0.4) is 0 Å². The number of benzene rings is 1. The predicted octanol–water partition coefficient (Wildman–Crippen LogP) is 3.58. The van der Waals surface area contributed by atoms with Gasteiger partial charge in [0, 0.05) is 6.42 Å². The zero-order valence-electron chi connectivity index (χ0n) is 13.7. The Labute approximate surface area is 137 Å². The van der Waals surface area contributed by atoms with Crippen LogP contribution in [-0.2, 0) is 25.6 Å². The van der Waals surface area contributed by atoms with Gasteiger partial charge in [-0.25, -0.2) is 0 Å². The zero-order chi connectivity index (χ0) is 16.3. The van der Waals surface area contributed by atoms with Gasteiger partial charge in [-0.05, 0) is 25.0 Å². The first-order valence-electron chi connectivity index (χ1n) is 8.01. The number of allylic oxidation sites excluding steroid dienone is 1. The highest BCUT2D eigenvalue weighted by atomic mass is 16.8. The van der Waals surface area contributed by atoms with Gasteiger partial charge in [0.15, 0.2) is 5.79 Å². The van der Waals surface area contributed by atoms with Crippen molar-refractivity contribution in [3.63, 3.8) is 0 Å². The highest BCUT2D eigenvalue weighted by molar-refractivity contribution is 5.19. The molecule has 0 bridgehead atoms. The molecule has 1 fully saturated rings. The molecule has 23 heavy (non-hydrogen) atoms. The maximum Gasteiger partial charge on any atom is 0.164 e. The summed E-state index contributed by atoms with van der Waals surface area (Å²) in [6.07, 6.45) is 4.04. The first kappa shape index (κ1) is 16.2. The lowest BCUT2D eigenvalue weighted by molar-refractivity contribution is -0.157. The molecule has 0 saturated carbocycles. The van der Waals surface area contributed by atoms with Crippen molar-refractivity contribution < 1.29 is 18.9 Å². The summed E-state index contributed by atoms with van der Waals surface area (Å²) in [6.45, 7) is 8.68. The topological polar surface area (TPSA) is 36.9 Å². The van der Waals surface area contributed by atoms with Gasteiger partial charge in [0.05, 0.1) is 19.5 Å². The second kappa shape index (κ2) is 6.87. The van der Waals surface area contributed by atoms with Crippen molar-refractivity contribution >= 4 is 0 Å². The SMILES string of the molecule is C=CC1=CO[C@H]([C@@H]2OC(C)(C)O[C@H]2COCc2ccccc2)C1. The lowest BCUT2D eigenvalue weighted by Gasteiger charge is -2.22. The third-order valence-electron chi connectivity index (χ3n) is 4.07. The van der Waals surface area contributed by atoms with E-state index in [0.29, 0.717) is 13.2 Å². The number of rotatable bonds is 6. The van der Waals surface area contributed by atoms with Crippen LogP contribution < -0.4 is 0 Å². The highest BCUT2D eigenvalue weighted by Gasteiger charge is 2.46. The number of hydrogen-bond acceptors (Lipinski definition) is 4. The molecule has 0 unspecified atom stereocenters. The molecule has 2 aliphatic rings. The number of ether oxygens (including phenoxy) is 4. The summed E-state index contributed by atoms with van der Waals surface area (Å²) < 4.78 is 23.6. The summed E-state index contributed by atoms with van der Waals surface area (Å²) in [5.41, 5.74) is 2.24. The van der Waals surface area contributed by atoms with E-state index in [1.54, 1.807) is 6.26 Å². The van der Waals surface area contributed by atoms with Crippen LogP contribution in [0.1, 0.15) is 25.8 Å². The Balaban J connectivity index is 1.56. The van der Waals surface area contributed by atoms with Crippen molar-refractivity contribution in [3.8, 4) is 0 Å². The molecular formula is C19H24O4. The molecule has 0 N–H and O–H groups in total. The van der Waals surface area contributed by atoms with E-state index in [2.05, 4.69) is 6.58 Å². The molecule has 0 amide bonds. The third kappa shape index (κ3) is 4.02. The largest absolute Gasteiger partial charge is 0.495 e. The molecule has 0 aliphatic carbocycles. The summed E-state index contributed by atoms with van der Waals surface area (Å²) in [5, 5.41) is 0. The van der Waals surface area contributed by atoms with Crippen molar-refractivity contribution in [2.24, 2.45) is 0 Å². The van der Waals surface area contributed by atoms with Crippen LogP contribution in [0.4, 0.5) is 0 Å². The molecule has 0 aromatic heterocycles. The van der Waals surface area contributed by atoms with E-state index in [-0.39, 0.29) is 18.3 Å². The lowest BCUT2D eigenvalue weighted by atomic mass is 10.0. The maximum absolute atomic E-state index is 6.05. The minimum absolute atomic E-state index is 0.0462. The minimum atomic E-state index is -0.619. The maximum atomic E-state index is 6.05. The molecule has 1 aromatic carbocycles. The van der Waals surface area contributed by atoms with Gasteiger partial charge in [0.1, 0.15) is 18.3 Å². The van der Waals surface area contributed by atoms with E-state index in [4.69, 9.17) is 18.9 Å². The molecule has 2 aliphatic heterocycles. The van der Waals surface area contributed by atoms with Crippen molar-refractivity contribution in [1.29, 1.82) is 0 Å². The van der Waals surface area contributed by atoms with E-state index in [0.717, 1.165) is 17.6 Å². The quantitative estimate of drug-likeness (QED) is 0.804. The van der Waals surface area contributed by atoms with E-state index in [9.17, 15) is 0 Å². The fourth-order valence-electron chi connectivity index (χ4n) is 3.00. The standard InChI is InChI=1S/C19H24O4/c1-4-14-10-16(21-12-14)18-17(22-19(2,3)23-18)13-20-11-15-8-6-5-7-9-15/h4-9,12,16-18H,1,10-11,13H2,2-3H3/t16-,17-,18-/m0/s1. The molecule has 2 heterocycles. The lowest BCUT2D eigenvalue weighted by Crippen LogP contribution is -2.37. The van der Waals surface area contributed by atoms with Crippen molar-refractivity contribution in [3.05, 3.63) is 60.4 Å². The summed E-state index contributed by atoms with van der Waals surface area (Å²) in [4.78, 5) is 0. The molecule has 124 valence electrons. The van der Waals surface area contributed by atoms with Gasteiger partial charge < -0.3 is 18.9 Å². The van der Waals surface area contributed by atoms with Gasteiger partial charge in [-0.15, -0.1) is 0 Å². The van der Waals surface area contributed by atoms with Crippen LogP contribution >= 0.6 is 0 Å². The van der Waals surface area contributed by atoms with Crippen molar-refractivity contribution in [2.45, 2.75) is 51.0 Å². The summed E-state index contributed by atoms with van der Waals surface area (Å²) in [7, 11) is 0. The molecule has 3 rings (SSSR count). The van der Waals surface area contributed by atoms with Gasteiger partial charge >= 0.3 is 0 Å². The first-order valence-corrected chi connectivity index (χ1v) is 8.01. The van der Waals surface area contributed by atoms with Crippen molar-refractivity contribution in [2.75, 3.05) is 6.61 Å². The van der Waals surface area contributed by atoms with Gasteiger partial charge in [-0.2, -0.15) is 0 Å². The smallest absolute Gasteiger partial charge is 0.164 e. The van der Waals surface area contributed by atoms with E-state index in [1.165, 1.54) is 0 Å². The predicted molar refractivity (Wildman–Crippen MR) is 87.7 cm³/mol. The summed E-state index contributed by atoms with van der Waals surface area (Å²) >= 11 is 0. The monoisotopic (exact) mass is 316 g/mol. The molecule has 1 saturated heterocycles. The molecule has 1 aromatic rings. The molecular weight excluding hydrogens is 292 g/mol. The molecule has 0 spiro atoms. The van der Waals surface area contributed by atoms with Gasteiger partial charge in [0.2, 0.25) is 0 Å². The first-order chi connectivity index (χ1) is 11.1. The highest BCUT2D eigenvalue weighted by Crippen LogP contribution is 2.35. The Kier molecular flexibility index (Phi) is 4.85. The van der Waals surface area contributed by atoms with Crippen LogP contribution in [0.2, 0.25) is 0 Å². The minimum Gasteiger partial charge on any atom is -0.495 e. The van der Waals surface area contributed by atoms with Crippen LogP contribution in [0, 0.1) is 0 Å². The summed E-state index contributed by atoms with van der Waals surface area (Å²) in [5.74, 6) is -0.619. The Morgan fingerprint density at radius 2 is 2.04 bits per heavy atom. The van der Waals surface area contributed by atoms with Crippen LogP contribution in [0.15, 0.2) is 54.8 Å². The number of hydrogen-bond donors (Lipinski definition) is 0. The Morgan fingerprint density at radius 1 is 1.26 bits per heavy atom. The second-order valence-corrected chi connectivity index (χ2v) is 6.41. The summed E-state index contributed by atoms with van der Waals surface area (Å²) in [6, 6.07) is 10.1. The fraction of sp³-hybridized carbons (Fsp3) is 0.474. The third-order valence-corrected chi connectivity index (χ3v) is 4.07. The Morgan fingerprint density at radius 3 is 2.74 bits per heavy atom. The molecule has 4 nitrogen and oxygen atoms in total. The van der Waals surface area contributed by atoms with Gasteiger partial charge in [-0.3, -0.25) is 0 Å². The van der Waals surface area contributed by atoms with E-state index >= 15 is 0 Å².